The molecule has 3 unspecified atom stereocenters. The molecular weight excluding hydrogens is 189 g/mol. The maximum atomic E-state index is 13.7. The van der Waals surface area contributed by atoms with E-state index in [1.165, 1.54) is 0 Å². The average Bonchev–Trinajstić information content (AvgIpc) is 2.50. The van der Waals surface area contributed by atoms with Crippen molar-refractivity contribution in [2.45, 2.75) is 45.2 Å². The Morgan fingerprint density at radius 2 is 2.07 bits per heavy atom. The van der Waals surface area contributed by atoms with Crippen LogP contribution in [0, 0.1) is 12.7 Å². The highest BCUT2D eigenvalue weighted by Gasteiger charge is 2.30. The molecule has 1 N–H and O–H groups in total. The Balaban J connectivity index is 2.32. The first-order valence-corrected chi connectivity index (χ1v) is 5.60. The van der Waals surface area contributed by atoms with Crippen LogP contribution < -0.4 is 5.32 Å². The highest BCUT2D eigenvalue weighted by atomic mass is 19.1. The summed E-state index contributed by atoms with van der Waals surface area (Å²) in [7, 11) is 0. The molecule has 15 heavy (non-hydrogen) atoms. The van der Waals surface area contributed by atoms with E-state index in [9.17, 15) is 4.39 Å². The maximum absolute atomic E-state index is 13.7. The number of rotatable bonds is 1. The summed E-state index contributed by atoms with van der Waals surface area (Å²) in [5, 5.41) is 3.45. The molecular formula is C13H18FN. The van der Waals surface area contributed by atoms with Gasteiger partial charge in [0.1, 0.15) is 5.82 Å². The van der Waals surface area contributed by atoms with E-state index >= 15 is 0 Å². The van der Waals surface area contributed by atoms with Crippen LogP contribution in [0.15, 0.2) is 18.2 Å². The van der Waals surface area contributed by atoms with Gasteiger partial charge in [-0.3, -0.25) is 0 Å². The average molecular weight is 207 g/mol. The van der Waals surface area contributed by atoms with Gasteiger partial charge in [-0.1, -0.05) is 17.7 Å². The van der Waals surface area contributed by atoms with E-state index in [-0.39, 0.29) is 5.82 Å². The first-order chi connectivity index (χ1) is 7.08. The number of aryl methyl sites for hydroxylation is 1. The first-order valence-electron chi connectivity index (χ1n) is 5.60. The van der Waals surface area contributed by atoms with Crippen molar-refractivity contribution in [3.8, 4) is 0 Å². The maximum Gasteiger partial charge on any atom is 0.126 e. The Morgan fingerprint density at radius 1 is 1.33 bits per heavy atom. The summed E-state index contributed by atoms with van der Waals surface area (Å²) in [6.07, 6.45) is 1.03. The number of hydrogen-bond donors (Lipinski definition) is 1. The van der Waals surface area contributed by atoms with E-state index in [4.69, 9.17) is 0 Å². The summed E-state index contributed by atoms with van der Waals surface area (Å²) >= 11 is 0. The fraction of sp³-hybridized carbons (Fsp3) is 0.538. The van der Waals surface area contributed by atoms with Gasteiger partial charge in [0.25, 0.3) is 0 Å². The zero-order chi connectivity index (χ0) is 11.0. The van der Waals surface area contributed by atoms with Gasteiger partial charge in [0, 0.05) is 18.0 Å². The summed E-state index contributed by atoms with van der Waals surface area (Å²) in [4.78, 5) is 0. The van der Waals surface area contributed by atoms with E-state index in [0.717, 1.165) is 17.5 Å². The Kier molecular flexibility index (Phi) is 2.79. The van der Waals surface area contributed by atoms with Crippen molar-refractivity contribution in [3.63, 3.8) is 0 Å². The molecule has 0 aromatic heterocycles. The normalized spacial score (nSPS) is 30.8. The lowest BCUT2D eigenvalue weighted by atomic mass is 9.90. The fourth-order valence-electron chi connectivity index (χ4n) is 2.56. The van der Waals surface area contributed by atoms with E-state index in [1.807, 2.05) is 19.1 Å². The summed E-state index contributed by atoms with van der Waals surface area (Å²) in [5.41, 5.74) is 2.01. The molecule has 1 nitrogen and oxygen atoms in total. The molecule has 1 aliphatic heterocycles. The molecule has 1 heterocycles. The van der Waals surface area contributed by atoms with Crippen molar-refractivity contribution in [2.24, 2.45) is 0 Å². The predicted octanol–water partition coefficient (Wildman–Crippen LogP) is 2.99. The van der Waals surface area contributed by atoms with Gasteiger partial charge in [-0.25, -0.2) is 4.39 Å². The molecule has 0 radical (unpaired) electrons. The van der Waals surface area contributed by atoms with Crippen LogP contribution in [0.1, 0.15) is 37.3 Å². The van der Waals surface area contributed by atoms with Crippen LogP contribution in [0.2, 0.25) is 0 Å². The Bertz CT molecular complexity index is 362. The van der Waals surface area contributed by atoms with Crippen LogP contribution >= 0.6 is 0 Å². The molecule has 0 amide bonds. The Hall–Kier alpha value is -0.890. The summed E-state index contributed by atoms with van der Waals surface area (Å²) in [6.45, 7) is 6.31. The summed E-state index contributed by atoms with van der Waals surface area (Å²) in [6, 6.07) is 6.26. The van der Waals surface area contributed by atoms with Crippen molar-refractivity contribution in [2.75, 3.05) is 0 Å². The van der Waals surface area contributed by atoms with Crippen LogP contribution in [-0.4, -0.2) is 12.1 Å². The van der Waals surface area contributed by atoms with Crippen LogP contribution in [0.3, 0.4) is 0 Å². The molecule has 1 fully saturated rings. The molecule has 1 aromatic rings. The second kappa shape index (κ2) is 3.93. The molecule has 82 valence electrons. The van der Waals surface area contributed by atoms with Crippen LogP contribution in [0.4, 0.5) is 4.39 Å². The zero-order valence-electron chi connectivity index (χ0n) is 9.55. The van der Waals surface area contributed by atoms with Gasteiger partial charge in [-0.15, -0.1) is 0 Å². The van der Waals surface area contributed by atoms with Crippen molar-refractivity contribution in [1.82, 2.24) is 5.32 Å². The van der Waals surface area contributed by atoms with E-state index in [0.29, 0.717) is 18.0 Å². The molecule has 0 saturated carbocycles. The van der Waals surface area contributed by atoms with Crippen molar-refractivity contribution >= 4 is 0 Å². The van der Waals surface area contributed by atoms with Gasteiger partial charge in [-0.05, 0) is 38.8 Å². The van der Waals surface area contributed by atoms with Crippen LogP contribution in [-0.2, 0) is 0 Å². The largest absolute Gasteiger partial charge is 0.311 e. The molecule has 2 rings (SSSR count). The van der Waals surface area contributed by atoms with Crippen molar-refractivity contribution < 1.29 is 4.39 Å². The quantitative estimate of drug-likeness (QED) is 0.746. The van der Waals surface area contributed by atoms with Gasteiger partial charge < -0.3 is 5.32 Å². The van der Waals surface area contributed by atoms with Gasteiger partial charge in [0.15, 0.2) is 0 Å². The van der Waals surface area contributed by atoms with E-state index < -0.39 is 0 Å². The Labute approximate surface area is 90.7 Å². The van der Waals surface area contributed by atoms with E-state index in [2.05, 4.69) is 19.2 Å². The van der Waals surface area contributed by atoms with Crippen LogP contribution in [0.5, 0.6) is 0 Å². The standard InChI is InChI=1S/C13H18FN/c1-8-4-5-13(14)12(6-8)11-7-9(2)15-10(11)3/h4-6,9-11,15H,7H2,1-3H3. The SMILES string of the molecule is Cc1ccc(F)c(C2CC(C)NC2C)c1. The van der Waals surface area contributed by atoms with Crippen molar-refractivity contribution in [3.05, 3.63) is 35.1 Å². The minimum atomic E-state index is -0.0617. The molecule has 0 bridgehead atoms. The highest BCUT2D eigenvalue weighted by Crippen LogP contribution is 2.32. The van der Waals surface area contributed by atoms with Crippen LogP contribution in [0.25, 0.3) is 0 Å². The molecule has 0 spiro atoms. The lowest BCUT2D eigenvalue weighted by molar-refractivity contribution is 0.540. The number of hydrogen-bond acceptors (Lipinski definition) is 1. The smallest absolute Gasteiger partial charge is 0.126 e. The number of halogens is 1. The zero-order valence-corrected chi connectivity index (χ0v) is 9.55. The molecule has 0 aliphatic carbocycles. The Morgan fingerprint density at radius 3 is 2.67 bits per heavy atom. The predicted molar refractivity (Wildman–Crippen MR) is 60.6 cm³/mol. The molecule has 1 saturated heterocycles. The van der Waals surface area contributed by atoms with Gasteiger partial charge in [0.05, 0.1) is 0 Å². The number of nitrogens with one attached hydrogen (secondary N) is 1. The van der Waals surface area contributed by atoms with Crippen molar-refractivity contribution in [1.29, 1.82) is 0 Å². The minimum absolute atomic E-state index is 0.0617. The monoisotopic (exact) mass is 207 g/mol. The molecule has 3 atom stereocenters. The van der Waals surface area contributed by atoms with Gasteiger partial charge in [-0.2, -0.15) is 0 Å². The third-order valence-corrected chi connectivity index (χ3v) is 3.31. The lowest BCUT2D eigenvalue weighted by Crippen LogP contribution is -2.26. The lowest BCUT2D eigenvalue weighted by Gasteiger charge is -2.16. The first kappa shape index (κ1) is 10.6. The highest BCUT2D eigenvalue weighted by molar-refractivity contribution is 5.29. The molecule has 1 aromatic carbocycles. The third-order valence-electron chi connectivity index (χ3n) is 3.31. The molecule has 1 aliphatic rings. The second-order valence-corrected chi connectivity index (χ2v) is 4.72. The van der Waals surface area contributed by atoms with E-state index in [1.54, 1.807) is 6.07 Å². The number of benzene rings is 1. The topological polar surface area (TPSA) is 12.0 Å². The third kappa shape index (κ3) is 2.05. The summed E-state index contributed by atoms with van der Waals surface area (Å²) in [5.74, 6) is 0.258. The van der Waals surface area contributed by atoms with Gasteiger partial charge in [0.2, 0.25) is 0 Å². The minimum Gasteiger partial charge on any atom is -0.311 e. The van der Waals surface area contributed by atoms with Gasteiger partial charge >= 0.3 is 0 Å². The summed E-state index contributed by atoms with van der Waals surface area (Å²) < 4.78 is 13.7. The second-order valence-electron chi connectivity index (χ2n) is 4.72. The molecule has 2 heteroatoms. The fourth-order valence-corrected chi connectivity index (χ4v) is 2.56.